The molecule has 0 radical (unpaired) electrons. The molecule has 1 atom stereocenters. The van der Waals surface area contributed by atoms with Gasteiger partial charge in [-0.2, -0.15) is 0 Å². The van der Waals surface area contributed by atoms with Crippen LogP contribution in [-0.2, 0) is 4.74 Å². The fourth-order valence-corrected chi connectivity index (χ4v) is 1.16. The molecule has 0 aliphatic carbocycles. The second kappa shape index (κ2) is 5.07. The van der Waals surface area contributed by atoms with Gasteiger partial charge in [0, 0.05) is 10.2 Å². The Bertz CT molecular complexity index is 196. The maximum atomic E-state index is 6.01. The molecule has 0 aliphatic rings. The maximum Gasteiger partial charge on any atom is 0.176 e. The van der Waals surface area contributed by atoms with E-state index in [4.69, 9.17) is 4.74 Å². The molecule has 0 aromatic rings. The lowest BCUT2D eigenvalue weighted by Crippen LogP contribution is -2.56. The molecule has 1 unspecified atom stereocenters. The highest BCUT2D eigenvalue weighted by Crippen LogP contribution is 2.20. The van der Waals surface area contributed by atoms with Gasteiger partial charge in [-0.25, -0.2) is 0 Å². The summed E-state index contributed by atoms with van der Waals surface area (Å²) in [5.74, 6) is -0.368. The van der Waals surface area contributed by atoms with Gasteiger partial charge in [0.25, 0.3) is 0 Å². The van der Waals surface area contributed by atoms with Crippen LogP contribution >= 0.6 is 0 Å². The number of nitrogens with zero attached hydrogens (tertiary/aromatic N) is 2. The Kier molecular flexibility index (Phi) is 5.01. The van der Waals surface area contributed by atoms with Gasteiger partial charge in [-0.05, 0) is 42.0 Å². The third-order valence-corrected chi connectivity index (χ3v) is 3.57. The minimum atomic E-state index is -0.368. The predicted octanol–water partition coefficient (Wildman–Crippen LogP) is 0.0675. The van der Waals surface area contributed by atoms with E-state index in [1.807, 2.05) is 28.2 Å². The summed E-state index contributed by atoms with van der Waals surface area (Å²) < 4.78 is 6.01. The third kappa shape index (κ3) is 3.20. The molecule has 0 amide bonds. The molecular formula is C10H24N2OSi. The van der Waals surface area contributed by atoms with Crippen molar-refractivity contribution in [2.24, 2.45) is 0 Å². The van der Waals surface area contributed by atoms with E-state index in [-0.39, 0.29) is 12.0 Å². The van der Waals surface area contributed by atoms with Crippen LogP contribution in [0.2, 0.25) is 0 Å². The topological polar surface area (TPSA) is 15.7 Å². The molecular weight excluding hydrogens is 192 g/mol. The Morgan fingerprint density at radius 1 is 1.29 bits per heavy atom. The summed E-state index contributed by atoms with van der Waals surface area (Å²) in [5.41, 5.74) is 0. The monoisotopic (exact) mass is 216 g/mol. The van der Waals surface area contributed by atoms with Crippen molar-refractivity contribution in [1.29, 1.82) is 0 Å². The standard InChI is InChI=1S/C10H24N2OSi/c1-8(9(2)14)13-10(3,11(4)5)12(6)7/h8H,2H2,1,3-7,14H3. The SMILES string of the molecule is C=C([SiH3])C(C)OC(C)(N(C)C)N(C)C. The van der Waals surface area contributed by atoms with E-state index in [0.717, 1.165) is 10.2 Å². The Hall–Kier alpha value is -0.163. The molecule has 3 nitrogen and oxygen atoms in total. The van der Waals surface area contributed by atoms with E-state index in [1.165, 1.54) is 5.20 Å². The summed E-state index contributed by atoms with van der Waals surface area (Å²) in [6, 6.07) is 0. The van der Waals surface area contributed by atoms with Crippen LogP contribution in [0.15, 0.2) is 11.8 Å². The summed E-state index contributed by atoms with van der Waals surface area (Å²) in [6.07, 6.45) is 0.122. The minimum Gasteiger partial charge on any atom is -0.340 e. The molecule has 4 heteroatoms. The number of hydrogen-bond donors (Lipinski definition) is 0. The van der Waals surface area contributed by atoms with Crippen LogP contribution in [0.4, 0.5) is 0 Å². The molecule has 0 aromatic carbocycles. The Morgan fingerprint density at radius 2 is 1.64 bits per heavy atom. The average Bonchev–Trinajstić information content (AvgIpc) is 2.02. The highest BCUT2D eigenvalue weighted by Gasteiger charge is 2.32. The molecule has 0 N–H and O–H groups in total. The van der Waals surface area contributed by atoms with Crippen molar-refractivity contribution in [2.75, 3.05) is 28.2 Å². The zero-order valence-corrected chi connectivity index (χ0v) is 12.6. The van der Waals surface area contributed by atoms with Gasteiger partial charge in [0.1, 0.15) is 0 Å². The predicted molar refractivity (Wildman–Crippen MR) is 65.4 cm³/mol. The summed E-state index contributed by atoms with van der Waals surface area (Å²) in [5, 5.41) is 1.18. The average molecular weight is 216 g/mol. The minimum absolute atomic E-state index is 0.122. The van der Waals surface area contributed by atoms with Crippen LogP contribution in [-0.4, -0.2) is 60.2 Å². The van der Waals surface area contributed by atoms with Gasteiger partial charge in [0.15, 0.2) is 5.85 Å². The molecule has 0 saturated heterocycles. The second-order valence-electron chi connectivity index (χ2n) is 4.33. The van der Waals surface area contributed by atoms with E-state index in [1.54, 1.807) is 0 Å². The van der Waals surface area contributed by atoms with Gasteiger partial charge in [0.05, 0.1) is 6.10 Å². The first-order valence-electron chi connectivity index (χ1n) is 4.90. The van der Waals surface area contributed by atoms with Crippen molar-refractivity contribution in [1.82, 2.24) is 9.80 Å². The van der Waals surface area contributed by atoms with Gasteiger partial charge in [-0.1, -0.05) is 5.20 Å². The van der Waals surface area contributed by atoms with Crippen LogP contribution in [0.5, 0.6) is 0 Å². The molecule has 0 aromatic heterocycles. The van der Waals surface area contributed by atoms with E-state index in [2.05, 4.69) is 30.2 Å². The fraction of sp³-hybridized carbons (Fsp3) is 0.800. The quantitative estimate of drug-likeness (QED) is 0.478. The van der Waals surface area contributed by atoms with Crippen molar-refractivity contribution >= 4 is 10.2 Å². The largest absolute Gasteiger partial charge is 0.340 e. The Balaban J connectivity index is 4.61. The molecule has 0 heterocycles. The fourth-order valence-electron chi connectivity index (χ4n) is 1.05. The van der Waals surface area contributed by atoms with Crippen LogP contribution in [0.1, 0.15) is 13.8 Å². The summed E-state index contributed by atoms with van der Waals surface area (Å²) in [7, 11) is 9.05. The zero-order valence-electron chi connectivity index (χ0n) is 10.6. The molecule has 84 valence electrons. The molecule has 0 spiro atoms. The first-order chi connectivity index (χ1) is 6.21. The lowest BCUT2D eigenvalue weighted by Gasteiger charge is -2.43. The van der Waals surface area contributed by atoms with Gasteiger partial charge in [-0.15, -0.1) is 6.58 Å². The van der Waals surface area contributed by atoms with Gasteiger partial charge < -0.3 is 4.74 Å². The van der Waals surface area contributed by atoms with Crippen molar-refractivity contribution in [3.63, 3.8) is 0 Å². The summed E-state index contributed by atoms with van der Waals surface area (Å²) in [6.45, 7) is 8.08. The highest BCUT2D eigenvalue weighted by atomic mass is 28.1. The van der Waals surface area contributed by atoms with Gasteiger partial charge in [0.2, 0.25) is 0 Å². The third-order valence-electron chi connectivity index (χ3n) is 2.75. The molecule has 0 fully saturated rings. The van der Waals surface area contributed by atoms with E-state index >= 15 is 0 Å². The van der Waals surface area contributed by atoms with E-state index in [9.17, 15) is 0 Å². The van der Waals surface area contributed by atoms with E-state index < -0.39 is 0 Å². The second-order valence-corrected chi connectivity index (χ2v) is 5.61. The number of ether oxygens (including phenoxy) is 1. The lowest BCUT2D eigenvalue weighted by atomic mass is 10.3. The molecule has 14 heavy (non-hydrogen) atoms. The molecule has 0 rings (SSSR count). The van der Waals surface area contributed by atoms with Crippen LogP contribution in [0.25, 0.3) is 0 Å². The first-order valence-corrected chi connectivity index (χ1v) is 5.90. The summed E-state index contributed by atoms with van der Waals surface area (Å²) >= 11 is 0. The van der Waals surface area contributed by atoms with Crippen LogP contribution < -0.4 is 0 Å². The Labute approximate surface area is 91.1 Å². The highest BCUT2D eigenvalue weighted by molar-refractivity contribution is 6.21. The van der Waals surface area contributed by atoms with Gasteiger partial charge >= 0.3 is 0 Å². The van der Waals surface area contributed by atoms with Gasteiger partial charge in [-0.3, -0.25) is 9.80 Å². The normalized spacial score (nSPS) is 15.1. The molecule has 0 saturated carbocycles. The number of rotatable bonds is 5. The Morgan fingerprint density at radius 3 is 1.86 bits per heavy atom. The zero-order chi connectivity index (χ0) is 11.5. The summed E-state index contributed by atoms with van der Waals surface area (Å²) in [4.78, 5) is 4.13. The first kappa shape index (κ1) is 13.8. The van der Waals surface area contributed by atoms with Crippen molar-refractivity contribution < 1.29 is 4.74 Å². The number of hydrogen-bond acceptors (Lipinski definition) is 3. The maximum absolute atomic E-state index is 6.01. The van der Waals surface area contributed by atoms with Crippen molar-refractivity contribution in [2.45, 2.75) is 25.8 Å². The van der Waals surface area contributed by atoms with Crippen LogP contribution in [0, 0.1) is 0 Å². The lowest BCUT2D eigenvalue weighted by molar-refractivity contribution is -0.221. The van der Waals surface area contributed by atoms with Crippen molar-refractivity contribution in [3.05, 3.63) is 11.8 Å². The molecule has 0 aliphatic heterocycles. The van der Waals surface area contributed by atoms with E-state index in [0.29, 0.717) is 0 Å². The smallest absolute Gasteiger partial charge is 0.176 e. The van der Waals surface area contributed by atoms with Crippen LogP contribution in [0.3, 0.4) is 0 Å². The van der Waals surface area contributed by atoms with Crippen molar-refractivity contribution in [3.8, 4) is 0 Å². The molecule has 0 bridgehead atoms.